The van der Waals surface area contributed by atoms with E-state index in [1.165, 1.54) is 0 Å². The van der Waals surface area contributed by atoms with Gasteiger partial charge in [-0.15, -0.1) is 0 Å². The highest BCUT2D eigenvalue weighted by Crippen LogP contribution is 2.15. The molecule has 1 aromatic carbocycles. The summed E-state index contributed by atoms with van der Waals surface area (Å²) >= 11 is 0. The fourth-order valence-electron chi connectivity index (χ4n) is 1.97. The zero-order chi connectivity index (χ0) is 12.3. The molecule has 0 fully saturated rings. The molecule has 4 nitrogen and oxygen atoms in total. The van der Waals surface area contributed by atoms with Crippen molar-refractivity contribution in [2.75, 3.05) is 24.5 Å². The first-order chi connectivity index (χ1) is 8.26. The Kier molecular flexibility index (Phi) is 3.44. The molecule has 1 heterocycles. The maximum absolute atomic E-state index is 11.9. The lowest BCUT2D eigenvalue weighted by Gasteiger charge is -2.21. The summed E-state index contributed by atoms with van der Waals surface area (Å²) in [6.45, 7) is 4.18. The Labute approximate surface area is 100 Å². The van der Waals surface area contributed by atoms with Gasteiger partial charge in [0, 0.05) is 25.0 Å². The van der Waals surface area contributed by atoms with Gasteiger partial charge < -0.3 is 15.6 Å². The Balaban J connectivity index is 2.52. The Morgan fingerprint density at radius 2 is 2.12 bits per heavy atom. The third-order valence-corrected chi connectivity index (χ3v) is 2.86. The summed E-state index contributed by atoms with van der Waals surface area (Å²) in [4.78, 5) is 16.9. The zero-order valence-electron chi connectivity index (χ0n) is 9.94. The van der Waals surface area contributed by atoms with Gasteiger partial charge in [0.1, 0.15) is 5.82 Å². The largest absolute Gasteiger partial charge is 0.357 e. The van der Waals surface area contributed by atoms with Crippen LogP contribution in [0.15, 0.2) is 35.1 Å². The lowest BCUT2D eigenvalue weighted by Crippen LogP contribution is -2.31. The second-order valence-corrected chi connectivity index (χ2v) is 3.94. The van der Waals surface area contributed by atoms with Gasteiger partial charge in [0.15, 0.2) is 0 Å². The van der Waals surface area contributed by atoms with Crippen molar-refractivity contribution in [3.8, 4) is 0 Å². The lowest BCUT2D eigenvalue weighted by atomic mass is 10.2. The minimum atomic E-state index is -0.0476. The van der Waals surface area contributed by atoms with Crippen molar-refractivity contribution >= 4 is 16.6 Å². The highest BCUT2D eigenvalue weighted by atomic mass is 16.1. The molecule has 4 heteroatoms. The standard InChI is InChI=1S/C13H17N3O/c1-2-16(8-7-14)12-9-10-5-3-4-6-11(10)13(17)15-12/h3-6,9H,2,7-8,14H2,1H3,(H,15,17). The number of likely N-dealkylation sites (N-methyl/N-ethyl adjacent to an activating group) is 1. The van der Waals surface area contributed by atoms with Crippen LogP contribution in [0, 0.1) is 0 Å². The van der Waals surface area contributed by atoms with Crippen molar-refractivity contribution in [2.24, 2.45) is 5.73 Å². The number of hydrogen-bond acceptors (Lipinski definition) is 3. The monoisotopic (exact) mass is 231 g/mol. The van der Waals surface area contributed by atoms with Crippen molar-refractivity contribution in [1.82, 2.24) is 4.98 Å². The molecular formula is C13H17N3O. The van der Waals surface area contributed by atoms with Crippen LogP contribution in [0.1, 0.15) is 6.92 Å². The summed E-state index contributed by atoms with van der Waals surface area (Å²) in [5.74, 6) is 0.835. The van der Waals surface area contributed by atoms with E-state index >= 15 is 0 Å². The van der Waals surface area contributed by atoms with Gasteiger partial charge in [-0.1, -0.05) is 18.2 Å². The predicted molar refractivity (Wildman–Crippen MR) is 71.5 cm³/mol. The van der Waals surface area contributed by atoms with E-state index in [2.05, 4.69) is 9.88 Å². The number of pyridine rings is 1. The smallest absolute Gasteiger partial charge is 0.257 e. The highest BCUT2D eigenvalue weighted by molar-refractivity contribution is 5.83. The zero-order valence-corrected chi connectivity index (χ0v) is 9.94. The molecule has 0 amide bonds. The number of nitrogens with two attached hydrogens (primary N) is 1. The summed E-state index contributed by atoms with van der Waals surface area (Å²) in [5.41, 5.74) is 5.51. The minimum absolute atomic E-state index is 0.0476. The molecule has 0 bridgehead atoms. The molecule has 0 aliphatic carbocycles. The van der Waals surface area contributed by atoms with Crippen molar-refractivity contribution in [2.45, 2.75) is 6.92 Å². The summed E-state index contributed by atoms with van der Waals surface area (Å²) in [5, 5.41) is 1.68. The maximum Gasteiger partial charge on any atom is 0.257 e. The van der Waals surface area contributed by atoms with Gasteiger partial charge in [-0.3, -0.25) is 4.79 Å². The van der Waals surface area contributed by atoms with E-state index in [4.69, 9.17) is 5.73 Å². The van der Waals surface area contributed by atoms with Gasteiger partial charge >= 0.3 is 0 Å². The van der Waals surface area contributed by atoms with E-state index < -0.39 is 0 Å². The van der Waals surface area contributed by atoms with E-state index in [1.807, 2.05) is 37.3 Å². The number of nitrogens with zero attached hydrogens (tertiary/aromatic N) is 1. The molecule has 3 N–H and O–H groups in total. The number of H-pyrrole nitrogens is 1. The molecule has 1 aromatic heterocycles. The van der Waals surface area contributed by atoms with Crippen LogP contribution in [0.25, 0.3) is 10.8 Å². The van der Waals surface area contributed by atoms with Crippen LogP contribution >= 0.6 is 0 Å². The fraction of sp³-hybridized carbons (Fsp3) is 0.308. The van der Waals surface area contributed by atoms with Crippen molar-refractivity contribution in [3.63, 3.8) is 0 Å². The summed E-state index contributed by atoms with van der Waals surface area (Å²) in [7, 11) is 0. The first-order valence-corrected chi connectivity index (χ1v) is 5.83. The van der Waals surface area contributed by atoms with Gasteiger partial charge in [0.25, 0.3) is 5.56 Å². The normalized spacial score (nSPS) is 10.7. The Morgan fingerprint density at radius 3 is 2.82 bits per heavy atom. The highest BCUT2D eigenvalue weighted by Gasteiger charge is 2.06. The van der Waals surface area contributed by atoms with Crippen molar-refractivity contribution < 1.29 is 0 Å². The van der Waals surface area contributed by atoms with Crippen LogP contribution in [0.3, 0.4) is 0 Å². The van der Waals surface area contributed by atoms with Crippen LogP contribution in [0.4, 0.5) is 5.82 Å². The molecular weight excluding hydrogens is 214 g/mol. The average Bonchev–Trinajstić information content (AvgIpc) is 2.36. The average molecular weight is 231 g/mol. The second kappa shape index (κ2) is 5.01. The number of anilines is 1. The van der Waals surface area contributed by atoms with Crippen LogP contribution in [-0.4, -0.2) is 24.6 Å². The Bertz CT molecular complexity index is 562. The van der Waals surface area contributed by atoms with E-state index in [0.29, 0.717) is 6.54 Å². The van der Waals surface area contributed by atoms with E-state index in [-0.39, 0.29) is 5.56 Å². The summed E-state index contributed by atoms with van der Waals surface area (Å²) in [6.07, 6.45) is 0. The SMILES string of the molecule is CCN(CCN)c1cc2ccccc2c(=O)[nH]1. The van der Waals surface area contributed by atoms with Gasteiger partial charge in [0.2, 0.25) is 0 Å². The lowest BCUT2D eigenvalue weighted by molar-refractivity contribution is 0.801. The molecule has 2 rings (SSSR count). The third kappa shape index (κ3) is 2.31. The van der Waals surface area contributed by atoms with Crippen LogP contribution in [0.5, 0.6) is 0 Å². The molecule has 0 radical (unpaired) electrons. The molecule has 2 aromatic rings. The number of aromatic amines is 1. The molecule has 0 saturated carbocycles. The van der Waals surface area contributed by atoms with Crippen LogP contribution in [0.2, 0.25) is 0 Å². The topological polar surface area (TPSA) is 62.1 Å². The van der Waals surface area contributed by atoms with Gasteiger partial charge in [-0.25, -0.2) is 0 Å². The minimum Gasteiger partial charge on any atom is -0.357 e. The first-order valence-electron chi connectivity index (χ1n) is 5.83. The number of rotatable bonds is 4. The molecule has 0 aliphatic heterocycles. The maximum atomic E-state index is 11.9. The first kappa shape index (κ1) is 11.7. The molecule has 0 unspecified atom stereocenters. The molecule has 0 spiro atoms. The molecule has 0 atom stereocenters. The van der Waals surface area contributed by atoms with E-state index in [0.717, 1.165) is 29.7 Å². The predicted octanol–water partition coefficient (Wildman–Crippen LogP) is 1.31. The van der Waals surface area contributed by atoms with Crippen LogP contribution in [-0.2, 0) is 0 Å². The van der Waals surface area contributed by atoms with Gasteiger partial charge in [-0.2, -0.15) is 0 Å². The number of aromatic nitrogens is 1. The number of fused-ring (bicyclic) bond motifs is 1. The van der Waals surface area contributed by atoms with Crippen LogP contribution < -0.4 is 16.2 Å². The Hall–Kier alpha value is -1.81. The fourth-order valence-corrected chi connectivity index (χ4v) is 1.97. The van der Waals surface area contributed by atoms with E-state index in [9.17, 15) is 4.79 Å². The molecule has 17 heavy (non-hydrogen) atoms. The second-order valence-electron chi connectivity index (χ2n) is 3.94. The quantitative estimate of drug-likeness (QED) is 0.834. The van der Waals surface area contributed by atoms with E-state index in [1.54, 1.807) is 0 Å². The molecule has 0 saturated heterocycles. The van der Waals surface area contributed by atoms with Crippen molar-refractivity contribution in [1.29, 1.82) is 0 Å². The summed E-state index contributed by atoms with van der Waals surface area (Å²) in [6, 6.07) is 9.58. The summed E-state index contributed by atoms with van der Waals surface area (Å²) < 4.78 is 0. The number of benzene rings is 1. The number of hydrogen-bond donors (Lipinski definition) is 2. The molecule has 0 aliphatic rings. The number of nitrogens with one attached hydrogen (secondary N) is 1. The third-order valence-electron chi connectivity index (χ3n) is 2.86. The Morgan fingerprint density at radius 1 is 1.35 bits per heavy atom. The molecule has 90 valence electrons. The van der Waals surface area contributed by atoms with Gasteiger partial charge in [0.05, 0.1) is 0 Å². The van der Waals surface area contributed by atoms with Crippen molar-refractivity contribution in [3.05, 3.63) is 40.7 Å². The van der Waals surface area contributed by atoms with Gasteiger partial charge in [-0.05, 0) is 24.4 Å².